The van der Waals surface area contributed by atoms with E-state index >= 15 is 0 Å². The van der Waals surface area contributed by atoms with E-state index in [4.69, 9.17) is 4.74 Å². The maximum absolute atomic E-state index is 5.42. The Morgan fingerprint density at radius 2 is 1.82 bits per heavy atom. The van der Waals surface area contributed by atoms with Crippen LogP contribution in [-0.4, -0.2) is 37.7 Å². The van der Waals surface area contributed by atoms with Crippen LogP contribution >= 0.6 is 0 Å². The lowest BCUT2D eigenvalue weighted by Gasteiger charge is -2.62. The van der Waals surface area contributed by atoms with E-state index in [1.807, 2.05) is 7.11 Å². The SMILES string of the molecule is COC1(C)CC2(CN(C)C2)C1. The average molecular weight is 155 g/mol. The first-order valence-electron chi connectivity index (χ1n) is 4.31. The standard InChI is InChI=1S/C9H17NO/c1-8(11-3)4-9(5-8)6-10(2)7-9/h4-7H2,1-3H3. The van der Waals surface area contributed by atoms with Crippen molar-refractivity contribution in [2.24, 2.45) is 5.41 Å². The van der Waals surface area contributed by atoms with Crippen LogP contribution in [0.1, 0.15) is 19.8 Å². The van der Waals surface area contributed by atoms with Crippen LogP contribution in [0, 0.1) is 5.41 Å². The summed E-state index contributed by atoms with van der Waals surface area (Å²) < 4.78 is 5.42. The van der Waals surface area contributed by atoms with Gasteiger partial charge in [-0.3, -0.25) is 0 Å². The van der Waals surface area contributed by atoms with Crippen LogP contribution in [0.25, 0.3) is 0 Å². The van der Waals surface area contributed by atoms with Gasteiger partial charge >= 0.3 is 0 Å². The molecule has 1 aliphatic carbocycles. The Bertz CT molecular complexity index is 164. The molecule has 2 heteroatoms. The van der Waals surface area contributed by atoms with E-state index < -0.39 is 0 Å². The van der Waals surface area contributed by atoms with Gasteiger partial charge in [0.25, 0.3) is 0 Å². The molecule has 1 aliphatic heterocycles. The molecule has 0 amide bonds. The molecule has 11 heavy (non-hydrogen) atoms. The number of hydrogen-bond acceptors (Lipinski definition) is 2. The number of rotatable bonds is 1. The summed E-state index contributed by atoms with van der Waals surface area (Å²) in [5.74, 6) is 0. The fourth-order valence-electron chi connectivity index (χ4n) is 3.00. The van der Waals surface area contributed by atoms with Crippen LogP contribution in [0.2, 0.25) is 0 Å². The second kappa shape index (κ2) is 1.99. The highest BCUT2D eigenvalue weighted by atomic mass is 16.5. The van der Waals surface area contributed by atoms with Crippen LogP contribution < -0.4 is 0 Å². The molecule has 1 saturated heterocycles. The zero-order valence-corrected chi connectivity index (χ0v) is 7.68. The van der Waals surface area contributed by atoms with Gasteiger partial charge in [0.05, 0.1) is 5.60 Å². The van der Waals surface area contributed by atoms with Crippen molar-refractivity contribution in [3.05, 3.63) is 0 Å². The second-order valence-electron chi connectivity index (χ2n) is 4.68. The summed E-state index contributed by atoms with van der Waals surface area (Å²) in [4.78, 5) is 2.38. The average Bonchev–Trinajstić information content (AvgIpc) is 1.81. The van der Waals surface area contributed by atoms with Crippen molar-refractivity contribution in [3.63, 3.8) is 0 Å². The first-order chi connectivity index (χ1) is 5.08. The Morgan fingerprint density at radius 1 is 1.27 bits per heavy atom. The lowest BCUT2D eigenvalue weighted by atomic mass is 9.56. The van der Waals surface area contributed by atoms with Gasteiger partial charge in [0, 0.05) is 25.6 Å². The molecule has 0 unspecified atom stereocenters. The van der Waals surface area contributed by atoms with E-state index in [9.17, 15) is 0 Å². The molecule has 0 radical (unpaired) electrons. The molecule has 0 N–H and O–H groups in total. The van der Waals surface area contributed by atoms with E-state index in [0.29, 0.717) is 5.41 Å². The number of methoxy groups -OCH3 is 1. The second-order valence-corrected chi connectivity index (χ2v) is 4.68. The third-order valence-electron chi connectivity index (χ3n) is 3.20. The van der Waals surface area contributed by atoms with Crippen molar-refractivity contribution in [1.29, 1.82) is 0 Å². The lowest BCUT2D eigenvalue weighted by molar-refractivity contribution is -0.189. The molecular weight excluding hydrogens is 138 g/mol. The number of nitrogens with zero attached hydrogens (tertiary/aromatic N) is 1. The van der Waals surface area contributed by atoms with Gasteiger partial charge in [-0.15, -0.1) is 0 Å². The highest BCUT2D eigenvalue weighted by Crippen LogP contribution is 2.54. The Labute approximate surface area is 68.5 Å². The van der Waals surface area contributed by atoms with Crippen molar-refractivity contribution < 1.29 is 4.74 Å². The van der Waals surface area contributed by atoms with E-state index in [1.54, 1.807) is 0 Å². The molecule has 1 heterocycles. The highest BCUT2D eigenvalue weighted by molar-refractivity contribution is 5.09. The van der Waals surface area contributed by atoms with E-state index in [2.05, 4.69) is 18.9 Å². The monoisotopic (exact) mass is 155 g/mol. The first-order valence-corrected chi connectivity index (χ1v) is 4.31. The topological polar surface area (TPSA) is 12.5 Å². The molecule has 0 aromatic rings. The van der Waals surface area contributed by atoms with Crippen LogP contribution in [0.15, 0.2) is 0 Å². The van der Waals surface area contributed by atoms with Crippen molar-refractivity contribution in [3.8, 4) is 0 Å². The van der Waals surface area contributed by atoms with Crippen LogP contribution in [0.4, 0.5) is 0 Å². The zero-order valence-electron chi connectivity index (χ0n) is 7.68. The largest absolute Gasteiger partial charge is 0.378 e. The zero-order chi connectivity index (χ0) is 8.11. The highest BCUT2D eigenvalue weighted by Gasteiger charge is 2.57. The molecule has 0 atom stereocenters. The van der Waals surface area contributed by atoms with Crippen molar-refractivity contribution in [1.82, 2.24) is 4.90 Å². The molecular formula is C9H17NO. The summed E-state index contributed by atoms with van der Waals surface area (Å²) in [5, 5.41) is 0. The smallest absolute Gasteiger partial charge is 0.0663 e. The van der Waals surface area contributed by atoms with Gasteiger partial charge in [0.1, 0.15) is 0 Å². The quantitative estimate of drug-likeness (QED) is 0.562. The maximum atomic E-state index is 5.42. The summed E-state index contributed by atoms with van der Waals surface area (Å²) >= 11 is 0. The van der Waals surface area contributed by atoms with Crippen molar-refractivity contribution in [2.45, 2.75) is 25.4 Å². The van der Waals surface area contributed by atoms with Crippen LogP contribution in [0.5, 0.6) is 0 Å². The van der Waals surface area contributed by atoms with Gasteiger partial charge in [-0.1, -0.05) is 0 Å². The van der Waals surface area contributed by atoms with Crippen LogP contribution in [-0.2, 0) is 4.74 Å². The number of ether oxygens (including phenoxy) is 1. The van der Waals surface area contributed by atoms with E-state index in [-0.39, 0.29) is 5.60 Å². The summed E-state index contributed by atoms with van der Waals surface area (Å²) in [6, 6.07) is 0. The summed E-state index contributed by atoms with van der Waals surface area (Å²) in [5.41, 5.74) is 0.862. The summed E-state index contributed by atoms with van der Waals surface area (Å²) in [6.45, 7) is 4.79. The first kappa shape index (κ1) is 7.56. The molecule has 0 bridgehead atoms. The van der Waals surface area contributed by atoms with Gasteiger partial charge in [0.2, 0.25) is 0 Å². The normalized spacial score (nSPS) is 33.0. The molecule has 2 aliphatic rings. The molecule has 0 aromatic heterocycles. The maximum Gasteiger partial charge on any atom is 0.0663 e. The third-order valence-corrected chi connectivity index (χ3v) is 3.20. The Morgan fingerprint density at radius 3 is 2.18 bits per heavy atom. The van der Waals surface area contributed by atoms with Gasteiger partial charge in [0.15, 0.2) is 0 Å². The van der Waals surface area contributed by atoms with E-state index in [1.165, 1.54) is 25.9 Å². The summed E-state index contributed by atoms with van der Waals surface area (Å²) in [7, 11) is 4.02. The molecule has 2 fully saturated rings. The van der Waals surface area contributed by atoms with Gasteiger partial charge < -0.3 is 9.64 Å². The molecule has 2 nitrogen and oxygen atoms in total. The predicted molar refractivity (Wildman–Crippen MR) is 44.6 cm³/mol. The number of likely N-dealkylation sites (tertiary alicyclic amines) is 1. The molecule has 1 spiro atoms. The predicted octanol–water partition coefficient (Wildman–Crippen LogP) is 1.12. The Balaban J connectivity index is 1.88. The minimum absolute atomic E-state index is 0.210. The molecule has 2 rings (SSSR count). The molecule has 0 aromatic carbocycles. The molecule has 64 valence electrons. The van der Waals surface area contributed by atoms with Gasteiger partial charge in [-0.05, 0) is 26.8 Å². The summed E-state index contributed by atoms with van der Waals surface area (Å²) in [6.07, 6.45) is 2.53. The Hall–Kier alpha value is -0.0800. The Kier molecular flexibility index (Phi) is 1.37. The van der Waals surface area contributed by atoms with Crippen molar-refractivity contribution >= 4 is 0 Å². The molecule has 1 saturated carbocycles. The van der Waals surface area contributed by atoms with Crippen LogP contribution in [0.3, 0.4) is 0 Å². The lowest BCUT2D eigenvalue weighted by Crippen LogP contribution is -2.66. The van der Waals surface area contributed by atoms with E-state index in [0.717, 1.165) is 0 Å². The van der Waals surface area contributed by atoms with Gasteiger partial charge in [-0.2, -0.15) is 0 Å². The number of hydrogen-bond donors (Lipinski definition) is 0. The van der Waals surface area contributed by atoms with Gasteiger partial charge in [-0.25, -0.2) is 0 Å². The fourth-order valence-corrected chi connectivity index (χ4v) is 3.00. The minimum atomic E-state index is 0.210. The third kappa shape index (κ3) is 1.00. The van der Waals surface area contributed by atoms with Crippen molar-refractivity contribution in [2.75, 3.05) is 27.2 Å². The minimum Gasteiger partial charge on any atom is -0.378 e. The fraction of sp³-hybridized carbons (Fsp3) is 1.00.